The maximum atomic E-state index is 10.8. The molecule has 0 saturated carbocycles. The fourth-order valence-electron chi connectivity index (χ4n) is 1.13. The number of carboxylic acids is 2. The number of carboxylic acid groups (broad SMARTS) is 2. The van der Waals surface area contributed by atoms with Crippen molar-refractivity contribution in [3.05, 3.63) is 33.9 Å². The predicted molar refractivity (Wildman–Crippen MR) is 63.0 cm³/mol. The van der Waals surface area contributed by atoms with Crippen LogP contribution in [0.4, 0.5) is 5.69 Å². The lowest BCUT2D eigenvalue weighted by atomic mass is 10.2. The number of aliphatic carboxylic acids is 1. The fourth-order valence-corrected chi connectivity index (χ4v) is 2.02. The summed E-state index contributed by atoms with van der Waals surface area (Å²) in [6.45, 7) is 1.39. The molecule has 0 fully saturated rings. The Hall–Kier alpha value is -2.09. The van der Waals surface area contributed by atoms with Gasteiger partial charge in [0.2, 0.25) is 0 Å². The molecule has 0 heterocycles. The van der Waals surface area contributed by atoms with E-state index >= 15 is 0 Å². The number of carbonyl (C=O) groups is 2. The van der Waals surface area contributed by atoms with Crippen LogP contribution in [0.1, 0.15) is 17.3 Å². The first-order valence-electron chi connectivity index (χ1n) is 4.74. The molecule has 96 valence electrons. The lowest BCUT2D eigenvalue weighted by molar-refractivity contribution is -0.387. The average molecular weight is 271 g/mol. The maximum absolute atomic E-state index is 10.8. The summed E-state index contributed by atoms with van der Waals surface area (Å²) in [7, 11) is 0. The molecule has 1 aromatic rings. The van der Waals surface area contributed by atoms with Gasteiger partial charge in [-0.05, 0) is 19.1 Å². The molecule has 1 aromatic carbocycles. The number of aromatic carboxylic acids is 1. The number of rotatable bonds is 5. The van der Waals surface area contributed by atoms with E-state index in [0.717, 1.165) is 17.8 Å². The van der Waals surface area contributed by atoms with Crippen LogP contribution in [0.15, 0.2) is 23.1 Å². The minimum absolute atomic E-state index is 0.125. The van der Waals surface area contributed by atoms with Crippen LogP contribution in [-0.4, -0.2) is 32.3 Å². The van der Waals surface area contributed by atoms with Gasteiger partial charge in [0, 0.05) is 6.07 Å². The number of benzene rings is 1. The van der Waals surface area contributed by atoms with Crippen molar-refractivity contribution in [3.63, 3.8) is 0 Å². The average Bonchev–Trinajstić information content (AvgIpc) is 2.28. The first kappa shape index (κ1) is 14.0. The molecule has 7 nitrogen and oxygen atoms in total. The van der Waals surface area contributed by atoms with Gasteiger partial charge in [-0.1, -0.05) is 0 Å². The van der Waals surface area contributed by atoms with Crippen LogP contribution in [0.25, 0.3) is 0 Å². The van der Waals surface area contributed by atoms with Crippen LogP contribution in [-0.2, 0) is 4.79 Å². The van der Waals surface area contributed by atoms with E-state index in [2.05, 4.69) is 0 Å². The Morgan fingerprint density at radius 2 is 2.00 bits per heavy atom. The van der Waals surface area contributed by atoms with Crippen molar-refractivity contribution in [1.29, 1.82) is 0 Å². The molecule has 0 aliphatic rings. The number of nitrogens with zero attached hydrogens (tertiary/aromatic N) is 1. The summed E-state index contributed by atoms with van der Waals surface area (Å²) in [6.07, 6.45) is 0. The Morgan fingerprint density at radius 3 is 2.44 bits per heavy atom. The third kappa shape index (κ3) is 3.20. The summed E-state index contributed by atoms with van der Waals surface area (Å²) < 4.78 is 0. The van der Waals surface area contributed by atoms with Crippen LogP contribution in [0.3, 0.4) is 0 Å². The molecule has 0 spiro atoms. The Kier molecular flexibility index (Phi) is 4.27. The molecule has 0 aliphatic heterocycles. The summed E-state index contributed by atoms with van der Waals surface area (Å²) in [4.78, 5) is 31.6. The standard InChI is InChI=1S/C10H9NO6S/c1-5(9(12)13)18-8-3-2-6(10(14)15)4-7(8)11(16)17/h2-5H,1H3,(H,12,13)(H,14,15)/t5-/m0/s1. The zero-order chi connectivity index (χ0) is 13.9. The first-order valence-corrected chi connectivity index (χ1v) is 5.62. The molecule has 0 unspecified atom stereocenters. The van der Waals surface area contributed by atoms with E-state index < -0.39 is 27.8 Å². The summed E-state index contributed by atoms with van der Waals surface area (Å²) in [5, 5.41) is 27.4. The van der Waals surface area contributed by atoms with Gasteiger partial charge in [-0.25, -0.2) is 4.79 Å². The zero-order valence-corrected chi connectivity index (χ0v) is 10.0. The van der Waals surface area contributed by atoms with E-state index in [9.17, 15) is 19.7 Å². The summed E-state index contributed by atoms with van der Waals surface area (Å²) >= 11 is 0.793. The lowest BCUT2D eigenvalue weighted by Crippen LogP contribution is -2.11. The van der Waals surface area contributed by atoms with Crippen molar-refractivity contribution in [3.8, 4) is 0 Å². The van der Waals surface area contributed by atoms with E-state index in [-0.39, 0.29) is 10.5 Å². The van der Waals surface area contributed by atoms with Gasteiger partial charge in [-0.2, -0.15) is 0 Å². The van der Waals surface area contributed by atoms with Gasteiger partial charge in [0.25, 0.3) is 5.69 Å². The highest BCUT2D eigenvalue weighted by molar-refractivity contribution is 8.00. The molecule has 0 aromatic heterocycles. The van der Waals surface area contributed by atoms with Crippen LogP contribution >= 0.6 is 11.8 Å². The van der Waals surface area contributed by atoms with Crippen LogP contribution < -0.4 is 0 Å². The maximum Gasteiger partial charge on any atom is 0.335 e. The molecule has 1 atom stereocenters. The van der Waals surface area contributed by atoms with Crippen molar-refractivity contribution in [2.45, 2.75) is 17.1 Å². The third-order valence-corrected chi connectivity index (χ3v) is 3.21. The molecular weight excluding hydrogens is 262 g/mol. The fraction of sp³-hybridized carbons (Fsp3) is 0.200. The molecule has 0 radical (unpaired) electrons. The molecule has 8 heteroatoms. The van der Waals surface area contributed by atoms with Crippen LogP contribution in [0.2, 0.25) is 0 Å². The second kappa shape index (κ2) is 5.50. The van der Waals surface area contributed by atoms with Crippen molar-refractivity contribution in [1.82, 2.24) is 0 Å². The number of thioether (sulfide) groups is 1. The summed E-state index contributed by atoms with van der Waals surface area (Å²) in [6, 6.07) is 3.36. The van der Waals surface area contributed by atoms with E-state index in [1.807, 2.05) is 0 Å². The molecule has 1 rings (SSSR count). The quantitative estimate of drug-likeness (QED) is 0.476. The Balaban J connectivity index is 3.16. The minimum atomic E-state index is -1.28. The van der Waals surface area contributed by atoms with E-state index in [1.54, 1.807) is 0 Å². The van der Waals surface area contributed by atoms with Gasteiger partial charge >= 0.3 is 11.9 Å². The molecule has 0 saturated heterocycles. The third-order valence-electron chi connectivity index (χ3n) is 2.05. The molecule has 0 aliphatic carbocycles. The first-order chi connectivity index (χ1) is 8.32. The van der Waals surface area contributed by atoms with Crippen molar-refractivity contribution >= 4 is 29.4 Å². The smallest absolute Gasteiger partial charge is 0.335 e. The molecule has 18 heavy (non-hydrogen) atoms. The highest BCUT2D eigenvalue weighted by Gasteiger charge is 2.21. The van der Waals surface area contributed by atoms with Gasteiger partial charge in [0.15, 0.2) is 0 Å². The Bertz CT molecular complexity index is 515. The van der Waals surface area contributed by atoms with Crippen molar-refractivity contribution in [2.75, 3.05) is 0 Å². The minimum Gasteiger partial charge on any atom is -0.480 e. The largest absolute Gasteiger partial charge is 0.480 e. The SMILES string of the molecule is C[C@H](Sc1ccc(C(=O)O)cc1[N+](=O)[O-])C(=O)O. The predicted octanol–water partition coefficient (Wildman–Crippen LogP) is 1.86. The molecular formula is C10H9NO6S. The lowest BCUT2D eigenvalue weighted by Gasteiger charge is -2.07. The highest BCUT2D eigenvalue weighted by atomic mass is 32.2. The second-order valence-electron chi connectivity index (χ2n) is 3.34. The number of nitro benzene ring substituents is 1. The highest BCUT2D eigenvalue weighted by Crippen LogP contribution is 2.32. The monoisotopic (exact) mass is 271 g/mol. The molecule has 0 amide bonds. The van der Waals surface area contributed by atoms with Gasteiger partial charge in [0.1, 0.15) is 5.25 Å². The topological polar surface area (TPSA) is 118 Å². The normalized spacial score (nSPS) is 11.8. The number of hydrogen-bond acceptors (Lipinski definition) is 5. The Labute approximate surface area is 106 Å². The molecule has 0 bridgehead atoms. The number of nitro groups is 1. The van der Waals surface area contributed by atoms with E-state index in [1.165, 1.54) is 19.1 Å². The second-order valence-corrected chi connectivity index (χ2v) is 4.73. The van der Waals surface area contributed by atoms with E-state index in [4.69, 9.17) is 10.2 Å². The van der Waals surface area contributed by atoms with E-state index in [0.29, 0.717) is 0 Å². The molecule has 2 N–H and O–H groups in total. The summed E-state index contributed by atoms with van der Waals surface area (Å²) in [5.41, 5.74) is -0.623. The van der Waals surface area contributed by atoms with Crippen molar-refractivity contribution < 1.29 is 24.7 Å². The van der Waals surface area contributed by atoms with Gasteiger partial charge in [-0.3, -0.25) is 14.9 Å². The summed E-state index contributed by atoms with van der Waals surface area (Å²) in [5.74, 6) is -2.38. The van der Waals surface area contributed by atoms with Crippen LogP contribution in [0.5, 0.6) is 0 Å². The van der Waals surface area contributed by atoms with Crippen molar-refractivity contribution in [2.24, 2.45) is 0 Å². The zero-order valence-electron chi connectivity index (χ0n) is 9.19. The number of hydrogen-bond donors (Lipinski definition) is 2. The van der Waals surface area contributed by atoms with Crippen LogP contribution in [0, 0.1) is 10.1 Å². The van der Waals surface area contributed by atoms with Gasteiger partial charge in [-0.15, -0.1) is 11.8 Å². The van der Waals surface area contributed by atoms with Gasteiger partial charge in [0.05, 0.1) is 15.4 Å². The Morgan fingerprint density at radius 1 is 1.39 bits per heavy atom. The van der Waals surface area contributed by atoms with Gasteiger partial charge < -0.3 is 10.2 Å².